The molecule has 5 rings (SSSR count). The second-order valence-corrected chi connectivity index (χ2v) is 8.57. The minimum absolute atomic E-state index is 0.0768. The van der Waals surface area contributed by atoms with Crippen LogP contribution in [0.2, 0.25) is 0 Å². The van der Waals surface area contributed by atoms with Crippen molar-refractivity contribution in [2.75, 3.05) is 0 Å². The van der Waals surface area contributed by atoms with Gasteiger partial charge in [0.2, 0.25) is 0 Å². The van der Waals surface area contributed by atoms with Crippen LogP contribution < -0.4 is 0 Å². The zero-order valence-electron chi connectivity index (χ0n) is 20.6. The molecule has 1 aliphatic heterocycles. The average molecular weight is 526 g/mol. The number of aliphatic carboxylic acids is 1. The van der Waals surface area contributed by atoms with Crippen molar-refractivity contribution in [3.05, 3.63) is 117 Å². The van der Waals surface area contributed by atoms with Gasteiger partial charge in [-0.25, -0.2) is 4.99 Å². The summed E-state index contributed by atoms with van der Waals surface area (Å²) in [6.45, 7) is 0.150. The molecule has 1 N–H and O–H groups in total. The van der Waals surface area contributed by atoms with Gasteiger partial charge in [-0.1, -0.05) is 60.7 Å². The van der Waals surface area contributed by atoms with Crippen molar-refractivity contribution >= 4 is 40.7 Å². The number of hydrogen-bond donors (Lipinski definition) is 1. The van der Waals surface area contributed by atoms with Crippen LogP contribution in [-0.2, 0) is 20.9 Å². The molecule has 0 fully saturated rings. The fraction of sp³-hybridized carbons (Fsp3) is 0.138. The van der Waals surface area contributed by atoms with Crippen LogP contribution >= 0.6 is 0 Å². The number of amides is 1. The quantitative estimate of drug-likeness (QED) is 0.190. The van der Waals surface area contributed by atoms with Crippen molar-refractivity contribution in [2.45, 2.75) is 25.4 Å². The number of nitrogens with zero attached hydrogens (tertiary/aromatic N) is 3. The van der Waals surface area contributed by atoms with Gasteiger partial charge in [0.15, 0.2) is 0 Å². The zero-order valence-corrected chi connectivity index (χ0v) is 20.6. The fourth-order valence-electron chi connectivity index (χ4n) is 3.99. The fourth-order valence-corrected chi connectivity index (χ4v) is 3.99. The number of nitro benzene ring substituents is 1. The summed E-state index contributed by atoms with van der Waals surface area (Å²) in [7, 11) is 0. The molecule has 0 spiro atoms. The van der Waals surface area contributed by atoms with Gasteiger partial charge in [-0.05, 0) is 30.2 Å². The van der Waals surface area contributed by atoms with Gasteiger partial charge >= 0.3 is 11.9 Å². The van der Waals surface area contributed by atoms with Gasteiger partial charge in [0.05, 0.1) is 33.2 Å². The van der Waals surface area contributed by atoms with Crippen molar-refractivity contribution in [1.29, 1.82) is 0 Å². The summed E-state index contributed by atoms with van der Waals surface area (Å²) in [4.78, 5) is 52.6. The molecule has 0 saturated heterocycles. The van der Waals surface area contributed by atoms with E-state index in [1.807, 2.05) is 60.7 Å². The predicted molar refractivity (Wildman–Crippen MR) is 143 cm³/mol. The van der Waals surface area contributed by atoms with Crippen molar-refractivity contribution in [3.8, 4) is 0 Å². The summed E-state index contributed by atoms with van der Waals surface area (Å²) >= 11 is 0. The molecule has 3 aromatic carbocycles. The molecule has 2 heterocycles. The molecule has 1 unspecified atom stereocenters. The normalized spacial score (nSPS) is 12.3. The number of esters is 1. The Kier molecular flexibility index (Phi) is 8.47. The van der Waals surface area contributed by atoms with Crippen LogP contribution in [0.25, 0.3) is 10.9 Å². The highest BCUT2D eigenvalue weighted by Crippen LogP contribution is 2.25. The van der Waals surface area contributed by atoms with Gasteiger partial charge in [-0.3, -0.25) is 29.5 Å². The van der Waals surface area contributed by atoms with E-state index in [2.05, 4.69) is 9.98 Å². The molecular formula is C29H23N3O7. The van der Waals surface area contributed by atoms with Crippen LogP contribution in [0.15, 0.2) is 89.9 Å². The number of nitro groups is 1. The number of carbonyl (C=O) groups excluding carboxylic acids is 2. The summed E-state index contributed by atoms with van der Waals surface area (Å²) < 4.78 is 5.42. The molecule has 0 aliphatic carbocycles. The van der Waals surface area contributed by atoms with E-state index in [9.17, 15) is 24.5 Å². The van der Waals surface area contributed by atoms with Gasteiger partial charge in [-0.2, -0.15) is 0 Å². The highest BCUT2D eigenvalue weighted by Gasteiger charge is 2.25. The average Bonchev–Trinajstić information content (AvgIpc) is 3.33. The molecule has 1 atom stereocenters. The summed E-state index contributed by atoms with van der Waals surface area (Å²) in [6.07, 6.45) is 1.25. The number of hydrogen-bond acceptors (Lipinski definition) is 7. The van der Waals surface area contributed by atoms with Gasteiger partial charge in [0.25, 0.3) is 11.6 Å². The first-order chi connectivity index (χ1) is 18.8. The second-order valence-electron chi connectivity index (χ2n) is 8.57. The first-order valence-corrected chi connectivity index (χ1v) is 12.0. The molecule has 0 saturated carbocycles. The van der Waals surface area contributed by atoms with Crippen LogP contribution in [-0.4, -0.2) is 39.1 Å². The lowest BCUT2D eigenvalue weighted by atomic mass is 9.98. The number of aliphatic imine (C=N–C) groups is 1. The monoisotopic (exact) mass is 525 g/mol. The number of fused-ring (bicyclic) bond motifs is 2. The third-order valence-electron chi connectivity index (χ3n) is 5.95. The van der Waals surface area contributed by atoms with E-state index in [1.54, 1.807) is 6.07 Å². The number of rotatable bonds is 8. The Morgan fingerprint density at radius 3 is 2.44 bits per heavy atom. The Bertz CT molecular complexity index is 1570. The molecule has 0 radical (unpaired) electrons. The maximum atomic E-state index is 12.6. The number of carbonyl (C=O) groups is 3. The minimum Gasteiger partial charge on any atom is -0.481 e. The number of benzene rings is 3. The van der Waals surface area contributed by atoms with Crippen LogP contribution in [0, 0.1) is 10.1 Å². The van der Waals surface area contributed by atoms with Gasteiger partial charge in [0, 0.05) is 24.1 Å². The molecule has 196 valence electrons. The Hall–Kier alpha value is -5.25. The third kappa shape index (κ3) is 6.75. The van der Waals surface area contributed by atoms with Crippen molar-refractivity contribution in [3.63, 3.8) is 0 Å². The number of ether oxygens (including phenoxy) is 1. The molecular weight excluding hydrogens is 502 g/mol. The van der Waals surface area contributed by atoms with E-state index >= 15 is 0 Å². The van der Waals surface area contributed by atoms with Crippen LogP contribution in [0.4, 0.5) is 5.69 Å². The summed E-state index contributed by atoms with van der Waals surface area (Å²) in [5.41, 5.74) is 2.70. The number of para-hydroxylation sites is 1. The van der Waals surface area contributed by atoms with Gasteiger partial charge < -0.3 is 9.84 Å². The standard InChI is InChI=1S/C21H19NO4.C8H4N2O3/c23-20(24)13-11-17(21(25)26-14-15-6-2-1-3-7-15)19-12-10-16-8-4-5-9-18(16)22-19;11-8-5-2-1-3-7(10(12)13)6(5)4-9-8/h1-10,12,17H,11,13-14H2,(H,23,24);1-4H. The van der Waals surface area contributed by atoms with Crippen molar-refractivity contribution < 1.29 is 29.2 Å². The van der Waals surface area contributed by atoms with Crippen LogP contribution in [0.1, 0.15) is 45.9 Å². The minimum atomic E-state index is -0.952. The van der Waals surface area contributed by atoms with E-state index in [-0.39, 0.29) is 25.1 Å². The Labute approximate surface area is 222 Å². The highest BCUT2D eigenvalue weighted by atomic mass is 16.6. The molecule has 10 nitrogen and oxygen atoms in total. The maximum Gasteiger partial charge on any atom is 0.315 e. The number of aromatic nitrogens is 1. The maximum absolute atomic E-state index is 12.6. The van der Waals surface area contributed by atoms with E-state index in [0.717, 1.165) is 16.5 Å². The molecule has 39 heavy (non-hydrogen) atoms. The largest absolute Gasteiger partial charge is 0.481 e. The first kappa shape index (κ1) is 26.8. The van der Waals surface area contributed by atoms with Gasteiger partial charge in [0.1, 0.15) is 6.61 Å². The lowest BCUT2D eigenvalue weighted by Crippen LogP contribution is -2.18. The number of pyridine rings is 1. The van der Waals surface area contributed by atoms with E-state index in [4.69, 9.17) is 9.84 Å². The predicted octanol–water partition coefficient (Wildman–Crippen LogP) is 5.09. The smallest absolute Gasteiger partial charge is 0.315 e. The van der Waals surface area contributed by atoms with Crippen LogP contribution in [0.5, 0.6) is 0 Å². The Morgan fingerprint density at radius 1 is 0.949 bits per heavy atom. The molecule has 1 aromatic heterocycles. The van der Waals surface area contributed by atoms with Crippen LogP contribution in [0.3, 0.4) is 0 Å². The second kappa shape index (κ2) is 12.3. The number of carboxylic acid groups (broad SMARTS) is 1. The van der Waals surface area contributed by atoms with Crippen molar-refractivity contribution in [2.24, 2.45) is 4.99 Å². The molecule has 0 bridgehead atoms. The van der Waals surface area contributed by atoms with E-state index < -0.39 is 28.7 Å². The summed E-state index contributed by atoms with van der Waals surface area (Å²) in [5.74, 6) is -2.54. The van der Waals surface area contributed by atoms with Crippen molar-refractivity contribution in [1.82, 2.24) is 4.98 Å². The highest BCUT2D eigenvalue weighted by molar-refractivity contribution is 6.14. The molecule has 1 aliphatic rings. The molecule has 4 aromatic rings. The Morgan fingerprint density at radius 2 is 1.69 bits per heavy atom. The van der Waals surface area contributed by atoms with Gasteiger partial charge in [-0.15, -0.1) is 0 Å². The molecule has 1 amide bonds. The SMILES string of the molecule is O=C(O)CCC(C(=O)OCc1ccccc1)c1ccc2ccccc2n1.O=C1N=Cc2c1cccc2[N+](=O)[O-]. The Balaban J connectivity index is 0.000000226. The zero-order chi connectivity index (χ0) is 27.8. The van der Waals surface area contributed by atoms with E-state index in [0.29, 0.717) is 16.8 Å². The lowest BCUT2D eigenvalue weighted by molar-refractivity contribution is -0.385. The summed E-state index contributed by atoms with van der Waals surface area (Å²) in [5, 5.41) is 20.5. The van der Waals surface area contributed by atoms with E-state index in [1.165, 1.54) is 24.4 Å². The summed E-state index contributed by atoms with van der Waals surface area (Å²) in [6, 6.07) is 25.0. The lowest BCUT2D eigenvalue weighted by Gasteiger charge is -2.15. The molecule has 10 heteroatoms. The topological polar surface area (TPSA) is 149 Å². The first-order valence-electron chi connectivity index (χ1n) is 12.0. The third-order valence-corrected chi connectivity index (χ3v) is 5.95. The number of carboxylic acids is 1.